The van der Waals surface area contributed by atoms with Crippen LogP contribution in [0.15, 0.2) is 12.1 Å². The maximum atomic E-state index is 13.1. The molecule has 0 radical (unpaired) electrons. The van der Waals surface area contributed by atoms with Crippen LogP contribution in [0.5, 0.6) is 0 Å². The number of aliphatic hydroxyl groups excluding tert-OH is 1. The standard InChI is InChI=1S/C14H16ClF2NO2/c15-10-6-12(17)11(16)5-9(10)14(20)18-7-8-3-1-2-4-13(8)19/h5-6,8,13,19H,1-4,7H2,(H,18,20). The third kappa shape index (κ3) is 3.46. The number of benzene rings is 1. The predicted octanol–water partition coefficient (Wildman–Crippen LogP) is 2.90. The average Bonchev–Trinajstić information content (AvgIpc) is 2.41. The normalized spacial score (nSPS) is 22.6. The maximum Gasteiger partial charge on any atom is 0.252 e. The van der Waals surface area contributed by atoms with Crippen LogP contribution in [0.2, 0.25) is 5.02 Å². The van der Waals surface area contributed by atoms with Gasteiger partial charge in [-0.1, -0.05) is 24.4 Å². The summed E-state index contributed by atoms with van der Waals surface area (Å²) in [7, 11) is 0. The van der Waals surface area contributed by atoms with E-state index in [9.17, 15) is 18.7 Å². The monoisotopic (exact) mass is 303 g/mol. The van der Waals surface area contributed by atoms with Crippen LogP contribution in [0.4, 0.5) is 8.78 Å². The number of hydrogen-bond donors (Lipinski definition) is 2. The third-order valence-corrected chi connectivity index (χ3v) is 3.96. The van der Waals surface area contributed by atoms with Crippen molar-refractivity contribution in [1.82, 2.24) is 5.32 Å². The lowest BCUT2D eigenvalue weighted by Crippen LogP contribution is -2.36. The summed E-state index contributed by atoms with van der Waals surface area (Å²) in [5.41, 5.74) is -0.101. The van der Waals surface area contributed by atoms with E-state index in [1.54, 1.807) is 0 Å². The second-order valence-corrected chi connectivity index (χ2v) is 5.48. The Balaban J connectivity index is 2.00. The summed E-state index contributed by atoms with van der Waals surface area (Å²) in [6, 6.07) is 1.56. The molecule has 2 unspecified atom stereocenters. The highest BCUT2D eigenvalue weighted by Crippen LogP contribution is 2.24. The fraction of sp³-hybridized carbons (Fsp3) is 0.500. The summed E-state index contributed by atoms with van der Waals surface area (Å²) < 4.78 is 26.0. The smallest absolute Gasteiger partial charge is 0.252 e. The molecule has 1 aromatic rings. The molecule has 2 rings (SSSR count). The highest BCUT2D eigenvalue weighted by Gasteiger charge is 2.24. The molecule has 1 aliphatic rings. The highest BCUT2D eigenvalue weighted by molar-refractivity contribution is 6.33. The number of carbonyl (C=O) groups is 1. The van der Waals surface area contributed by atoms with Crippen molar-refractivity contribution >= 4 is 17.5 Å². The molecule has 1 aliphatic carbocycles. The second-order valence-electron chi connectivity index (χ2n) is 5.07. The quantitative estimate of drug-likeness (QED) is 0.844. The molecular weight excluding hydrogens is 288 g/mol. The Kier molecular flexibility index (Phi) is 4.94. The topological polar surface area (TPSA) is 49.3 Å². The molecule has 3 nitrogen and oxygen atoms in total. The van der Waals surface area contributed by atoms with Gasteiger partial charge in [-0.3, -0.25) is 4.79 Å². The Labute approximate surface area is 120 Å². The van der Waals surface area contributed by atoms with Gasteiger partial charge >= 0.3 is 0 Å². The van der Waals surface area contributed by atoms with Crippen LogP contribution >= 0.6 is 11.6 Å². The van der Waals surface area contributed by atoms with Crippen LogP contribution in [0.25, 0.3) is 0 Å². The number of nitrogens with one attached hydrogen (secondary N) is 1. The molecule has 1 saturated carbocycles. The van der Waals surface area contributed by atoms with Crippen molar-refractivity contribution in [2.75, 3.05) is 6.54 Å². The lowest BCUT2D eigenvalue weighted by Gasteiger charge is -2.27. The van der Waals surface area contributed by atoms with Crippen LogP contribution in [-0.2, 0) is 0 Å². The van der Waals surface area contributed by atoms with Gasteiger partial charge in [0.05, 0.1) is 16.7 Å². The molecule has 2 atom stereocenters. The molecule has 0 spiro atoms. The summed E-state index contributed by atoms with van der Waals surface area (Å²) in [6.07, 6.45) is 3.15. The Morgan fingerprint density at radius 1 is 1.30 bits per heavy atom. The molecule has 2 N–H and O–H groups in total. The van der Waals surface area contributed by atoms with Crippen molar-refractivity contribution in [3.63, 3.8) is 0 Å². The van der Waals surface area contributed by atoms with Crippen molar-refractivity contribution < 1.29 is 18.7 Å². The fourth-order valence-electron chi connectivity index (χ4n) is 2.44. The lowest BCUT2D eigenvalue weighted by atomic mass is 9.86. The predicted molar refractivity (Wildman–Crippen MR) is 71.7 cm³/mol. The first kappa shape index (κ1) is 15.2. The van der Waals surface area contributed by atoms with Crippen molar-refractivity contribution in [3.05, 3.63) is 34.4 Å². The largest absolute Gasteiger partial charge is 0.393 e. The van der Waals surface area contributed by atoms with E-state index in [0.29, 0.717) is 6.54 Å². The van der Waals surface area contributed by atoms with E-state index in [1.807, 2.05) is 0 Å². The molecule has 0 aliphatic heterocycles. The summed E-state index contributed by atoms with van der Waals surface area (Å²) in [5, 5.41) is 12.3. The molecule has 0 aromatic heterocycles. The summed E-state index contributed by atoms with van der Waals surface area (Å²) in [4.78, 5) is 11.9. The van der Waals surface area contributed by atoms with E-state index in [-0.39, 0.29) is 16.5 Å². The van der Waals surface area contributed by atoms with Gasteiger partial charge < -0.3 is 10.4 Å². The van der Waals surface area contributed by atoms with E-state index in [4.69, 9.17) is 11.6 Å². The van der Waals surface area contributed by atoms with Gasteiger partial charge in [0.15, 0.2) is 11.6 Å². The first-order chi connectivity index (χ1) is 9.49. The van der Waals surface area contributed by atoms with Crippen LogP contribution in [0.3, 0.4) is 0 Å². The van der Waals surface area contributed by atoms with Gasteiger partial charge in [0.25, 0.3) is 5.91 Å². The van der Waals surface area contributed by atoms with Crippen molar-refractivity contribution in [2.24, 2.45) is 5.92 Å². The SMILES string of the molecule is O=C(NCC1CCCCC1O)c1cc(F)c(F)cc1Cl. The Bertz CT molecular complexity index is 510. The van der Waals surface area contributed by atoms with Gasteiger partial charge in [0.1, 0.15) is 0 Å². The average molecular weight is 304 g/mol. The van der Waals surface area contributed by atoms with Crippen LogP contribution < -0.4 is 5.32 Å². The van der Waals surface area contributed by atoms with Gasteiger partial charge in [-0.05, 0) is 25.0 Å². The van der Waals surface area contributed by atoms with Crippen LogP contribution in [-0.4, -0.2) is 23.7 Å². The van der Waals surface area contributed by atoms with Gasteiger partial charge in [0.2, 0.25) is 0 Å². The highest BCUT2D eigenvalue weighted by atomic mass is 35.5. The van der Waals surface area contributed by atoms with Gasteiger partial charge in [0, 0.05) is 12.5 Å². The van der Waals surface area contributed by atoms with Gasteiger partial charge in [-0.2, -0.15) is 0 Å². The summed E-state index contributed by atoms with van der Waals surface area (Å²) in [5.74, 6) is -2.77. The summed E-state index contributed by atoms with van der Waals surface area (Å²) in [6.45, 7) is 0.301. The molecule has 6 heteroatoms. The van der Waals surface area contributed by atoms with Gasteiger partial charge in [-0.15, -0.1) is 0 Å². The minimum atomic E-state index is -1.11. The molecule has 20 heavy (non-hydrogen) atoms. The van der Waals surface area contributed by atoms with E-state index in [1.165, 1.54) is 0 Å². The van der Waals surface area contributed by atoms with Crippen molar-refractivity contribution in [1.29, 1.82) is 0 Å². The number of rotatable bonds is 3. The zero-order valence-electron chi connectivity index (χ0n) is 10.8. The fourth-order valence-corrected chi connectivity index (χ4v) is 2.68. The molecule has 1 fully saturated rings. The van der Waals surface area contributed by atoms with E-state index in [2.05, 4.69) is 5.32 Å². The molecular formula is C14H16ClF2NO2. The number of amides is 1. The Morgan fingerprint density at radius 2 is 1.95 bits per heavy atom. The molecule has 110 valence electrons. The van der Waals surface area contributed by atoms with Crippen molar-refractivity contribution in [3.8, 4) is 0 Å². The van der Waals surface area contributed by atoms with E-state index >= 15 is 0 Å². The number of halogens is 3. The zero-order chi connectivity index (χ0) is 14.7. The first-order valence-corrected chi connectivity index (χ1v) is 6.97. The Hall–Kier alpha value is -1.20. The minimum Gasteiger partial charge on any atom is -0.393 e. The molecule has 0 bridgehead atoms. The number of hydrogen-bond acceptors (Lipinski definition) is 2. The van der Waals surface area contributed by atoms with Crippen LogP contribution in [0, 0.1) is 17.6 Å². The van der Waals surface area contributed by atoms with Gasteiger partial charge in [-0.25, -0.2) is 8.78 Å². The minimum absolute atomic E-state index is 0.00299. The molecule has 1 amide bonds. The molecule has 0 heterocycles. The van der Waals surface area contributed by atoms with Crippen LogP contribution in [0.1, 0.15) is 36.0 Å². The number of aliphatic hydroxyl groups is 1. The Morgan fingerprint density at radius 3 is 2.65 bits per heavy atom. The zero-order valence-corrected chi connectivity index (χ0v) is 11.6. The first-order valence-electron chi connectivity index (χ1n) is 6.60. The maximum absolute atomic E-state index is 13.1. The third-order valence-electron chi connectivity index (χ3n) is 3.65. The lowest BCUT2D eigenvalue weighted by molar-refractivity contribution is 0.0663. The van der Waals surface area contributed by atoms with Crippen molar-refractivity contribution in [2.45, 2.75) is 31.8 Å². The molecule has 0 saturated heterocycles. The summed E-state index contributed by atoms with van der Waals surface area (Å²) >= 11 is 5.73. The number of carbonyl (C=O) groups excluding carboxylic acids is 1. The van der Waals surface area contributed by atoms with E-state index in [0.717, 1.165) is 37.8 Å². The second kappa shape index (κ2) is 6.50. The van der Waals surface area contributed by atoms with E-state index < -0.39 is 23.6 Å². The molecule has 1 aromatic carbocycles.